The number of anilines is 1. The molecule has 2 aromatic heterocycles. The van der Waals surface area contributed by atoms with E-state index in [9.17, 15) is 0 Å². The van der Waals surface area contributed by atoms with Gasteiger partial charge in [0.2, 0.25) is 16.4 Å². The van der Waals surface area contributed by atoms with Gasteiger partial charge < -0.3 is 9.64 Å². The molecule has 0 aromatic carbocycles. The third-order valence-corrected chi connectivity index (χ3v) is 4.74. The number of aromatic nitrogens is 4. The first-order chi connectivity index (χ1) is 9.70. The average Bonchev–Trinajstić information content (AvgIpc) is 2.84. The minimum atomic E-state index is 0.206. The zero-order valence-corrected chi connectivity index (χ0v) is 13.1. The van der Waals surface area contributed by atoms with Crippen molar-refractivity contribution in [1.82, 2.24) is 19.9 Å². The molecule has 0 saturated carbocycles. The molecule has 20 heavy (non-hydrogen) atoms. The third-order valence-electron chi connectivity index (χ3n) is 2.65. The third kappa shape index (κ3) is 3.38. The van der Waals surface area contributed by atoms with E-state index >= 15 is 0 Å². The Labute approximate surface area is 129 Å². The quantitative estimate of drug-likeness (QED) is 0.855. The van der Waals surface area contributed by atoms with E-state index in [-0.39, 0.29) is 5.28 Å². The van der Waals surface area contributed by atoms with E-state index < -0.39 is 0 Å². The maximum atomic E-state index is 5.99. The van der Waals surface area contributed by atoms with Gasteiger partial charge in [-0.25, -0.2) is 4.98 Å². The Kier molecular flexibility index (Phi) is 4.35. The fourth-order valence-corrected chi connectivity index (χ4v) is 3.62. The second kappa shape index (κ2) is 6.21. The molecular weight excluding hydrogens is 318 g/mol. The van der Waals surface area contributed by atoms with Crippen molar-refractivity contribution in [2.45, 2.75) is 16.4 Å². The lowest BCUT2D eigenvalue weighted by atomic mass is 10.4. The second-order valence-corrected chi connectivity index (χ2v) is 6.55. The Balaban J connectivity index is 1.82. The molecule has 3 rings (SSSR count). The molecule has 9 heteroatoms. The SMILES string of the molecule is Cc1csc(Sc2nc(Cl)nc(N3CCOCC3)n2)n1. The van der Waals surface area contributed by atoms with Crippen LogP contribution in [0.25, 0.3) is 0 Å². The van der Waals surface area contributed by atoms with Crippen molar-refractivity contribution in [3.63, 3.8) is 0 Å². The lowest BCUT2D eigenvalue weighted by molar-refractivity contribution is 0.122. The van der Waals surface area contributed by atoms with Gasteiger partial charge in [0.1, 0.15) is 0 Å². The first-order valence-corrected chi connectivity index (χ1v) is 8.12. The monoisotopic (exact) mass is 329 g/mol. The topological polar surface area (TPSA) is 64.0 Å². The minimum Gasteiger partial charge on any atom is -0.378 e. The van der Waals surface area contributed by atoms with Crippen LogP contribution in [0.1, 0.15) is 5.69 Å². The summed E-state index contributed by atoms with van der Waals surface area (Å²) >= 11 is 8.96. The van der Waals surface area contributed by atoms with Gasteiger partial charge >= 0.3 is 0 Å². The van der Waals surface area contributed by atoms with Crippen molar-refractivity contribution in [3.8, 4) is 0 Å². The average molecular weight is 330 g/mol. The number of nitrogens with zero attached hydrogens (tertiary/aromatic N) is 5. The Hall–Kier alpha value is -0.960. The molecule has 1 saturated heterocycles. The highest BCUT2D eigenvalue weighted by atomic mass is 35.5. The van der Waals surface area contributed by atoms with Crippen LogP contribution in [0, 0.1) is 6.92 Å². The number of rotatable bonds is 3. The van der Waals surface area contributed by atoms with Crippen LogP contribution >= 0.6 is 34.7 Å². The van der Waals surface area contributed by atoms with Gasteiger partial charge in [-0.05, 0) is 30.3 Å². The second-order valence-electron chi connectivity index (χ2n) is 4.14. The molecule has 3 heterocycles. The number of halogens is 1. The van der Waals surface area contributed by atoms with Gasteiger partial charge in [-0.1, -0.05) is 0 Å². The van der Waals surface area contributed by atoms with Crippen molar-refractivity contribution >= 4 is 40.6 Å². The van der Waals surface area contributed by atoms with E-state index in [4.69, 9.17) is 16.3 Å². The van der Waals surface area contributed by atoms with Crippen LogP contribution in [0.5, 0.6) is 0 Å². The smallest absolute Gasteiger partial charge is 0.230 e. The maximum absolute atomic E-state index is 5.99. The van der Waals surface area contributed by atoms with E-state index in [0.29, 0.717) is 24.3 Å². The normalized spacial score (nSPS) is 15.6. The number of ether oxygens (including phenoxy) is 1. The molecule has 0 unspecified atom stereocenters. The number of thiazole rings is 1. The fraction of sp³-hybridized carbons (Fsp3) is 0.455. The van der Waals surface area contributed by atoms with Crippen LogP contribution in [0.4, 0.5) is 5.95 Å². The van der Waals surface area contributed by atoms with Crippen molar-refractivity contribution in [2.24, 2.45) is 0 Å². The van der Waals surface area contributed by atoms with Gasteiger partial charge in [-0.3, -0.25) is 0 Å². The molecule has 106 valence electrons. The molecule has 0 radical (unpaired) electrons. The van der Waals surface area contributed by atoms with Crippen molar-refractivity contribution in [1.29, 1.82) is 0 Å². The molecule has 0 amide bonds. The first-order valence-electron chi connectivity index (χ1n) is 6.05. The number of hydrogen-bond donors (Lipinski definition) is 0. The van der Waals surface area contributed by atoms with Crippen LogP contribution in [0.2, 0.25) is 5.28 Å². The molecule has 0 spiro atoms. The Morgan fingerprint density at radius 2 is 2.05 bits per heavy atom. The molecule has 1 fully saturated rings. The largest absolute Gasteiger partial charge is 0.378 e. The van der Waals surface area contributed by atoms with Crippen LogP contribution in [-0.2, 0) is 4.74 Å². The molecule has 0 aliphatic carbocycles. The van der Waals surface area contributed by atoms with Crippen molar-refractivity contribution < 1.29 is 4.74 Å². The van der Waals surface area contributed by atoms with E-state index in [1.807, 2.05) is 17.2 Å². The summed E-state index contributed by atoms with van der Waals surface area (Å²) in [6.07, 6.45) is 0. The molecule has 0 atom stereocenters. The summed E-state index contributed by atoms with van der Waals surface area (Å²) < 4.78 is 6.22. The molecule has 0 bridgehead atoms. The molecular formula is C11H12ClN5OS2. The van der Waals surface area contributed by atoms with E-state index in [2.05, 4.69) is 19.9 Å². The molecule has 1 aliphatic heterocycles. The van der Waals surface area contributed by atoms with E-state index in [1.165, 1.54) is 11.8 Å². The summed E-state index contributed by atoms with van der Waals surface area (Å²) in [6, 6.07) is 0. The summed E-state index contributed by atoms with van der Waals surface area (Å²) in [6.45, 7) is 4.84. The number of morpholine rings is 1. The van der Waals surface area contributed by atoms with Crippen LogP contribution in [-0.4, -0.2) is 46.2 Å². The Morgan fingerprint density at radius 3 is 2.75 bits per heavy atom. The van der Waals surface area contributed by atoms with Crippen LogP contribution in [0.15, 0.2) is 14.9 Å². The minimum absolute atomic E-state index is 0.206. The van der Waals surface area contributed by atoms with Gasteiger partial charge in [0.15, 0.2) is 4.34 Å². The fourth-order valence-electron chi connectivity index (χ4n) is 1.73. The highest BCUT2D eigenvalue weighted by Crippen LogP contribution is 2.29. The van der Waals surface area contributed by atoms with Crippen LogP contribution < -0.4 is 4.90 Å². The Morgan fingerprint density at radius 1 is 1.25 bits per heavy atom. The standard InChI is InChI=1S/C11H12ClN5OS2/c1-7-6-19-11(13-7)20-10-15-8(12)14-9(16-10)17-2-4-18-5-3-17/h6H,2-5H2,1H3. The summed E-state index contributed by atoms with van der Waals surface area (Å²) in [5.41, 5.74) is 0.992. The zero-order chi connectivity index (χ0) is 13.9. The first kappa shape index (κ1) is 14.0. The summed E-state index contributed by atoms with van der Waals surface area (Å²) in [4.78, 5) is 19.2. The summed E-state index contributed by atoms with van der Waals surface area (Å²) in [5, 5.41) is 2.77. The van der Waals surface area contributed by atoms with E-state index in [1.54, 1.807) is 11.3 Å². The summed E-state index contributed by atoms with van der Waals surface area (Å²) in [7, 11) is 0. The van der Waals surface area contributed by atoms with Crippen molar-refractivity contribution in [3.05, 3.63) is 16.4 Å². The van der Waals surface area contributed by atoms with E-state index in [0.717, 1.165) is 23.1 Å². The zero-order valence-electron chi connectivity index (χ0n) is 10.7. The molecule has 6 nitrogen and oxygen atoms in total. The van der Waals surface area contributed by atoms with Gasteiger partial charge in [-0.15, -0.1) is 11.3 Å². The lowest BCUT2D eigenvalue weighted by Gasteiger charge is -2.26. The van der Waals surface area contributed by atoms with Gasteiger partial charge in [0.25, 0.3) is 0 Å². The number of aryl methyl sites for hydroxylation is 1. The predicted molar refractivity (Wildman–Crippen MR) is 78.8 cm³/mol. The van der Waals surface area contributed by atoms with Crippen molar-refractivity contribution in [2.75, 3.05) is 31.2 Å². The highest BCUT2D eigenvalue weighted by molar-refractivity contribution is 8.00. The molecule has 1 aliphatic rings. The molecule has 0 N–H and O–H groups in total. The predicted octanol–water partition coefficient (Wildman–Crippen LogP) is 2.28. The molecule has 2 aromatic rings. The highest BCUT2D eigenvalue weighted by Gasteiger charge is 2.17. The van der Waals surface area contributed by atoms with Crippen LogP contribution in [0.3, 0.4) is 0 Å². The van der Waals surface area contributed by atoms with Gasteiger partial charge in [0, 0.05) is 24.2 Å². The Bertz CT molecular complexity index is 602. The maximum Gasteiger partial charge on any atom is 0.230 e. The van der Waals surface area contributed by atoms with Gasteiger partial charge in [-0.2, -0.15) is 15.0 Å². The number of hydrogen-bond acceptors (Lipinski definition) is 8. The van der Waals surface area contributed by atoms with Gasteiger partial charge in [0.05, 0.1) is 13.2 Å². The lowest BCUT2D eigenvalue weighted by Crippen LogP contribution is -2.37. The summed E-state index contributed by atoms with van der Waals surface area (Å²) in [5.74, 6) is 0.601.